The first-order chi connectivity index (χ1) is 14.2. The van der Waals surface area contributed by atoms with Gasteiger partial charge in [0.2, 0.25) is 5.91 Å². The molecule has 0 saturated carbocycles. The number of hydrogen-bond donors (Lipinski definition) is 1. The van der Waals surface area contributed by atoms with E-state index in [1.807, 2.05) is 53.1 Å². The first-order valence-electron chi connectivity index (χ1n) is 8.81. The summed E-state index contributed by atoms with van der Waals surface area (Å²) in [5.41, 5.74) is 3.26. The van der Waals surface area contributed by atoms with Crippen LogP contribution < -0.4 is 10.1 Å². The van der Waals surface area contributed by atoms with Crippen molar-refractivity contribution < 1.29 is 9.53 Å². The largest absolute Gasteiger partial charge is 0.497 e. The highest BCUT2D eigenvalue weighted by Crippen LogP contribution is 2.29. The predicted molar refractivity (Wildman–Crippen MR) is 116 cm³/mol. The minimum Gasteiger partial charge on any atom is -0.497 e. The molecule has 146 valence electrons. The molecule has 4 rings (SSSR count). The first kappa shape index (κ1) is 19.3. The number of anilines is 1. The number of nitrogens with zero attached hydrogens (tertiary/aromatic N) is 3. The molecule has 2 aromatic carbocycles. The lowest BCUT2D eigenvalue weighted by molar-refractivity contribution is -0.113. The molecule has 0 aliphatic carbocycles. The standard InChI is InChI=1S/C21H17ClN4O2S/c1-28-15-10-8-14(9-11-15)26-18-7-3-2-5-16(18)25-21(26)29-13-19(27)24-17-6-4-12-23-20(17)22/h2-12H,13H2,1H3,(H,24,27). The summed E-state index contributed by atoms with van der Waals surface area (Å²) in [5, 5.41) is 3.77. The van der Waals surface area contributed by atoms with Gasteiger partial charge in [-0.1, -0.05) is 35.5 Å². The Balaban J connectivity index is 1.60. The van der Waals surface area contributed by atoms with Crippen molar-refractivity contribution in [2.45, 2.75) is 5.16 Å². The number of carbonyl (C=O) groups is 1. The van der Waals surface area contributed by atoms with E-state index in [0.717, 1.165) is 27.6 Å². The molecular weight excluding hydrogens is 408 g/mol. The maximum atomic E-state index is 12.4. The van der Waals surface area contributed by atoms with Crippen LogP contribution in [0.1, 0.15) is 0 Å². The highest BCUT2D eigenvalue weighted by atomic mass is 35.5. The number of thioether (sulfide) groups is 1. The van der Waals surface area contributed by atoms with Gasteiger partial charge in [-0.05, 0) is 48.5 Å². The Labute approximate surface area is 176 Å². The van der Waals surface area contributed by atoms with Crippen molar-refractivity contribution in [3.8, 4) is 11.4 Å². The summed E-state index contributed by atoms with van der Waals surface area (Å²) < 4.78 is 7.28. The van der Waals surface area contributed by atoms with Crippen LogP contribution >= 0.6 is 23.4 Å². The fraction of sp³-hybridized carbons (Fsp3) is 0.0952. The fourth-order valence-electron chi connectivity index (χ4n) is 2.88. The second kappa shape index (κ2) is 8.55. The summed E-state index contributed by atoms with van der Waals surface area (Å²) in [6, 6.07) is 19.0. The van der Waals surface area contributed by atoms with Gasteiger partial charge in [0.25, 0.3) is 0 Å². The Bertz CT molecular complexity index is 1160. The van der Waals surface area contributed by atoms with E-state index in [1.165, 1.54) is 11.8 Å². The highest BCUT2D eigenvalue weighted by molar-refractivity contribution is 7.99. The molecule has 0 bridgehead atoms. The van der Waals surface area contributed by atoms with Crippen molar-refractivity contribution in [2.75, 3.05) is 18.2 Å². The lowest BCUT2D eigenvalue weighted by Gasteiger charge is -2.10. The maximum Gasteiger partial charge on any atom is 0.234 e. The van der Waals surface area contributed by atoms with Crippen LogP contribution in [0, 0.1) is 0 Å². The molecule has 0 saturated heterocycles. The Morgan fingerprint density at radius 3 is 2.69 bits per heavy atom. The van der Waals surface area contributed by atoms with Crippen molar-refractivity contribution >= 4 is 46.0 Å². The molecule has 2 heterocycles. The van der Waals surface area contributed by atoms with Gasteiger partial charge in [-0.2, -0.15) is 0 Å². The molecule has 0 spiro atoms. The van der Waals surface area contributed by atoms with Crippen LogP contribution in [-0.2, 0) is 4.79 Å². The van der Waals surface area contributed by atoms with E-state index in [1.54, 1.807) is 25.4 Å². The van der Waals surface area contributed by atoms with Crippen LogP contribution in [0.5, 0.6) is 5.75 Å². The molecule has 0 unspecified atom stereocenters. The Morgan fingerprint density at radius 2 is 1.93 bits per heavy atom. The van der Waals surface area contributed by atoms with Gasteiger partial charge in [0.05, 0.1) is 29.6 Å². The van der Waals surface area contributed by atoms with Gasteiger partial charge in [0.15, 0.2) is 10.3 Å². The molecule has 1 amide bonds. The number of nitrogens with one attached hydrogen (secondary N) is 1. The lowest BCUT2D eigenvalue weighted by atomic mass is 10.2. The number of amides is 1. The number of fused-ring (bicyclic) bond motifs is 1. The van der Waals surface area contributed by atoms with E-state index in [4.69, 9.17) is 21.3 Å². The van der Waals surface area contributed by atoms with Gasteiger partial charge >= 0.3 is 0 Å². The molecule has 2 aromatic heterocycles. The number of benzene rings is 2. The highest BCUT2D eigenvalue weighted by Gasteiger charge is 2.15. The van der Waals surface area contributed by atoms with E-state index < -0.39 is 0 Å². The Kier molecular flexibility index (Phi) is 5.69. The van der Waals surface area contributed by atoms with Crippen molar-refractivity contribution in [1.29, 1.82) is 0 Å². The van der Waals surface area contributed by atoms with Gasteiger partial charge in [0, 0.05) is 11.9 Å². The van der Waals surface area contributed by atoms with E-state index in [0.29, 0.717) is 5.69 Å². The third kappa shape index (κ3) is 4.21. The monoisotopic (exact) mass is 424 g/mol. The molecule has 6 nitrogen and oxygen atoms in total. The molecule has 4 aromatic rings. The topological polar surface area (TPSA) is 69.0 Å². The van der Waals surface area contributed by atoms with Crippen LogP contribution in [0.15, 0.2) is 72.0 Å². The predicted octanol–water partition coefficient (Wildman–Crippen LogP) is 4.81. The SMILES string of the molecule is COc1ccc(-n2c(SCC(=O)Nc3cccnc3Cl)nc3ccccc32)cc1. The minimum atomic E-state index is -0.182. The zero-order chi connectivity index (χ0) is 20.2. The third-order valence-corrected chi connectivity index (χ3v) is 5.47. The molecule has 0 aliphatic rings. The second-order valence-electron chi connectivity index (χ2n) is 6.10. The number of aromatic nitrogens is 3. The smallest absolute Gasteiger partial charge is 0.234 e. The summed E-state index contributed by atoms with van der Waals surface area (Å²) in [7, 11) is 1.63. The van der Waals surface area contributed by atoms with E-state index in [9.17, 15) is 4.79 Å². The lowest BCUT2D eigenvalue weighted by Crippen LogP contribution is -2.15. The van der Waals surface area contributed by atoms with E-state index in [-0.39, 0.29) is 16.8 Å². The number of imidazole rings is 1. The van der Waals surface area contributed by atoms with Gasteiger partial charge < -0.3 is 10.1 Å². The summed E-state index contributed by atoms with van der Waals surface area (Å²) in [6.07, 6.45) is 1.57. The normalized spacial score (nSPS) is 10.8. The number of para-hydroxylation sites is 2. The summed E-state index contributed by atoms with van der Waals surface area (Å²) in [4.78, 5) is 21.1. The maximum absolute atomic E-state index is 12.4. The molecule has 0 aliphatic heterocycles. The zero-order valence-corrected chi connectivity index (χ0v) is 17.1. The van der Waals surface area contributed by atoms with Gasteiger partial charge in [0.1, 0.15) is 5.75 Å². The van der Waals surface area contributed by atoms with Crippen molar-refractivity contribution in [3.05, 3.63) is 72.0 Å². The third-order valence-electron chi connectivity index (χ3n) is 4.23. The Hall–Kier alpha value is -3.03. The number of pyridine rings is 1. The van der Waals surface area contributed by atoms with Gasteiger partial charge in [-0.25, -0.2) is 9.97 Å². The average molecular weight is 425 g/mol. The molecule has 29 heavy (non-hydrogen) atoms. The summed E-state index contributed by atoms with van der Waals surface area (Å²) in [5.74, 6) is 0.781. The van der Waals surface area contributed by atoms with E-state index >= 15 is 0 Å². The fourth-order valence-corrected chi connectivity index (χ4v) is 3.87. The Morgan fingerprint density at radius 1 is 1.14 bits per heavy atom. The summed E-state index contributed by atoms with van der Waals surface area (Å²) in [6.45, 7) is 0. The van der Waals surface area contributed by atoms with Crippen molar-refractivity contribution in [3.63, 3.8) is 0 Å². The van der Waals surface area contributed by atoms with Crippen LogP contribution in [0.2, 0.25) is 5.15 Å². The molecule has 1 N–H and O–H groups in total. The van der Waals surface area contributed by atoms with Crippen LogP contribution in [0.3, 0.4) is 0 Å². The van der Waals surface area contributed by atoms with Gasteiger partial charge in [-0.15, -0.1) is 0 Å². The van der Waals surface area contributed by atoms with Crippen LogP contribution in [0.25, 0.3) is 16.7 Å². The molecule has 0 atom stereocenters. The van der Waals surface area contributed by atoms with Crippen LogP contribution in [-0.4, -0.2) is 33.3 Å². The second-order valence-corrected chi connectivity index (χ2v) is 7.40. The van der Waals surface area contributed by atoms with Crippen LogP contribution in [0.4, 0.5) is 5.69 Å². The van der Waals surface area contributed by atoms with Crippen molar-refractivity contribution in [2.24, 2.45) is 0 Å². The van der Waals surface area contributed by atoms with E-state index in [2.05, 4.69) is 10.3 Å². The molecule has 0 fully saturated rings. The van der Waals surface area contributed by atoms with Crippen molar-refractivity contribution in [1.82, 2.24) is 14.5 Å². The molecular formula is C21H17ClN4O2S. The number of halogens is 1. The quantitative estimate of drug-likeness (QED) is 0.355. The number of carbonyl (C=O) groups excluding carboxylic acids is 1. The van der Waals surface area contributed by atoms with Gasteiger partial charge in [-0.3, -0.25) is 9.36 Å². The number of methoxy groups -OCH3 is 1. The first-order valence-corrected chi connectivity index (χ1v) is 10.2. The average Bonchev–Trinajstić information content (AvgIpc) is 3.12. The summed E-state index contributed by atoms with van der Waals surface area (Å²) >= 11 is 7.37. The number of rotatable bonds is 6. The molecule has 8 heteroatoms. The minimum absolute atomic E-state index is 0.182. The zero-order valence-electron chi connectivity index (χ0n) is 15.5. The number of hydrogen-bond acceptors (Lipinski definition) is 5. The molecule has 0 radical (unpaired) electrons. The number of ether oxygens (including phenoxy) is 1.